The summed E-state index contributed by atoms with van der Waals surface area (Å²) in [6.07, 6.45) is 0.283. The lowest BCUT2D eigenvalue weighted by Crippen LogP contribution is -1.96. The predicted octanol–water partition coefficient (Wildman–Crippen LogP) is 2.29. The van der Waals surface area contributed by atoms with Crippen molar-refractivity contribution in [1.29, 1.82) is 0 Å². The summed E-state index contributed by atoms with van der Waals surface area (Å²) >= 11 is 3.17. The minimum atomic E-state index is 0.0448. The van der Waals surface area contributed by atoms with Crippen molar-refractivity contribution in [2.24, 2.45) is 0 Å². The zero-order chi connectivity index (χ0) is 9.14. The zero-order valence-electron chi connectivity index (χ0n) is 6.67. The number of ketones is 1. The van der Waals surface area contributed by atoms with Crippen LogP contribution < -0.4 is 0 Å². The third-order valence-electron chi connectivity index (χ3n) is 1.51. The Morgan fingerprint density at radius 3 is 2.83 bits per heavy atom. The molecule has 0 heterocycles. The number of carbonyl (C=O) groups excluding carboxylic acids is 1. The normalized spacial score (nSPS) is 9.83. The Bertz CT molecular complexity index is 307. The van der Waals surface area contributed by atoms with Gasteiger partial charge in [0.1, 0.15) is 11.5 Å². The van der Waals surface area contributed by atoms with E-state index in [9.17, 15) is 9.90 Å². The van der Waals surface area contributed by atoms with Gasteiger partial charge in [-0.05, 0) is 28.9 Å². The highest BCUT2D eigenvalue weighted by molar-refractivity contribution is 9.10. The number of carbonyl (C=O) groups is 1. The average Bonchev–Trinajstić information content (AvgIpc) is 1.98. The van der Waals surface area contributed by atoms with Gasteiger partial charge in [-0.15, -0.1) is 0 Å². The smallest absolute Gasteiger partial charge is 0.134 e. The summed E-state index contributed by atoms with van der Waals surface area (Å²) in [5.74, 6) is 0.205. The molecule has 1 rings (SSSR count). The first-order chi connectivity index (χ1) is 5.61. The Morgan fingerprint density at radius 2 is 2.25 bits per heavy atom. The van der Waals surface area contributed by atoms with E-state index in [1.165, 1.54) is 6.92 Å². The van der Waals surface area contributed by atoms with Crippen LogP contribution in [0.25, 0.3) is 0 Å². The molecule has 1 aromatic rings. The summed E-state index contributed by atoms with van der Waals surface area (Å²) in [7, 11) is 0. The Morgan fingerprint density at radius 1 is 1.58 bits per heavy atom. The zero-order valence-corrected chi connectivity index (χ0v) is 8.26. The molecule has 3 heteroatoms. The van der Waals surface area contributed by atoms with Crippen LogP contribution in [0.4, 0.5) is 0 Å². The third kappa shape index (κ3) is 2.08. The van der Waals surface area contributed by atoms with Crippen molar-refractivity contribution in [3.05, 3.63) is 28.2 Å². The van der Waals surface area contributed by atoms with Gasteiger partial charge in [-0.2, -0.15) is 0 Å². The molecule has 0 saturated carbocycles. The maximum atomic E-state index is 10.8. The van der Waals surface area contributed by atoms with Gasteiger partial charge in [-0.3, -0.25) is 4.79 Å². The first kappa shape index (κ1) is 9.26. The maximum absolute atomic E-state index is 10.8. The number of hydrogen-bond acceptors (Lipinski definition) is 2. The molecular formula is C9H9BrO2. The number of benzene rings is 1. The molecular weight excluding hydrogens is 220 g/mol. The molecule has 0 atom stereocenters. The number of halogens is 1. The van der Waals surface area contributed by atoms with Gasteiger partial charge in [0.25, 0.3) is 0 Å². The Labute approximate surface area is 79.3 Å². The monoisotopic (exact) mass is 228 g/mol. The number of hydrogen-bond donors (Lipinski definition) is 1. The van der Waals surface area contributed by atoms with Gasteiger partial charge in [-0.1, -0.05) is 12.1 Å². The van der Waals surface area contributed by atoms with Crippen molar-refractivity contribution in [2.75, 3.05) is 0 Å². The van der Waals surface area contributed by atoms with Crippen LogP contribution in [0, 0.1) is 0 Å². The number of para-hydroxylation sites is 1. The SMILES string of the molecule is CC(=O)Cc1cccc(Br)c1O. The number of Topliss-reactive ketones (excluding diaryl/α,β-unsaturated/α-hetero) is 1. The van der Waals surface area contributed by atoms with Crippen LogP contribution in [-0.4, -0.2) is 10.9 Å². The van der Waals surface area contributed by atoms with Gasteiger partial charge in [0.05, 0.1) is 4.47 Å². The molecule has 0 fully saturated rings. The fourth-order valence-electron chi connectivity index (χ4n) is 0.971. The summed E-state index contributed by atoms with van der Waals surface area (Å²) < 4.78 is 0.626. The van der Waals surface area contributed by atoms with Gasteiger partial charge in [0, 0.05) is 12.0 Å². The van der Waals surface area contributed by atoms with Crippen molar-refractivity contribution >= 4 is 21.7 Å². The molecule has 0 amide bonds. The van der Waals surface area contributed by atoms with Crippen LogP contribution >= 0.6 is 15.9 Å². The molecule has 1 aromatic carbocycles. The van der Waals surface area contributed by atoms with Gasteiger partial charge in [-0.25, -0.2) is 0 Å². The van der Waals surface area contributed by atoms with Gasteiger partial charge in [0.15, 0.2) is 0 Å². The van der Waals surface area contributed by atoms with Crippen LogP contribution in [0.1, 0.15) is 12.5 Å². The summed E-state index contributed by atoms with van der Waals surface area (Å²) in [6, 6.07) is 5.27. The molecule has 0 bridgehead atoms. The third-order valence-corrected chi connectivity index (χ3v) is 2.15. The summed E-state index contributed by atoms with van der Waals surface area (Å²) in [5, 5.41) is 9.45. The standard InChI is InChI=1S/C9H9BrO2/c1-6(11)5-7-3-2-4-8(10)9(7)12/h2-4,12H,5H2,1H3. The predicted molar refractivity (Wildman–Crippen MR) is 50.2 cm³/mol. The molecule has 0 radical (unpaired) electrons. The summed E-state index contributed by atoms with van der Waals surface area (Å²) in [4.78, 5) is 10.8. The van der Waals surface area contributed by atoms with E-state index >= 15 is 0 Å². The molecule has 0 spiro atoms. The van der Waals surface area contributed by atoms with Gasteiger partial charge >= 0.3 is 0 Å². The number of phenolic OH excluding ortho intramolecular Hbond substituents is 1. The molecule has 12 heavy (non-hydrogen) atoms. The van der Waals surface area contributed by atoms with Gasteiger partial charge in [0.2, 0.25) is 0 Å². The van der Waals surface area contributed by atoms with Crippen molar-refractivity contribution < 1.29 is 9.90 Å². The molecule has 0 aliphatic heterocycles. The van der Waals surface area contributed by atoms with Crippen LogP contribution in [-0.2, 0) is 11.2 Å². The lowest BCUT2D eigenvalue weighted by molar-refractivity contribution is -0.116. The van der Waals surface area contributed by atoms with Gasteiger partial charge < -0.3 is 5.11 Å². The fraction of sp³-hybridized carbons (Fsp3) is 0.222. The summed E-state index contributed by atoms with van der Waals surface area (Å²) in [6.45, 7) is 1.50. The molecule has 0 aliphatic rings. The molecule has 0 saturated heterocycles. The number of phenols is 1. The van der Waals surface area contributed by atoms with E-state index in [1.54, 1.807) is 18.2 Å². The minimum Gasteiger partial charge on any atom is -0.506 e. The molecule has 2 nitrogen and oxygen atoms in total. The van der Waals surface area contributed by atoms with Crippen LogP contribution in [0.5, 0.6) is 5.75 Å². The summed E-state index contributed by atoms with van der Waals surface area (Å²) in [5.41, 5.74) is 0.664. The lowest BCUT2D eigenvalue weighted by Gasteiger charge is -2.02. The maximum Gasteiger partial charge on any atom is 0.134 e. The van der Waals surface area contributed by atoms with E-state index in [0.717, 1.165) is 0 Å². The van der Waals surface area contributed by atoms with Crippen LogP contribution in [0.15, 0.2) is 22.7 Å². The first-order valence-electron chi connectivity index (χ1n) is 3.57. The Kier molecular flexibility index (Phi) is 2.87. The van der Waals surface area contributed by atoms with E-state index in [0.29, 0.717) is 10.0 Å². The van der Waals surface area contributed by atoms with E-state index in [-0.39, 0.29) is 18.0 Å². The van der Waals surface area contributed by atoms with E-state index in [4.69, 9.17) is 0 Å². The molecule has 64 valence electrons. The molecule has 1 N–H and O–H groups in total. The number of rotatable bonds is 2. The molecule has 0 aromatic heterocycles. The van der Waals surface area contributed by atoms with Crippen LogP contribution in [0.3, 0.4) is 0 Å². The highest BCUT2D eigenvalue weighted by Gasteiger charge is 2.05. The van der Waals surface area contributed by atoms with Crippen molar-refractivity contribution in [2.45, 2.75) is 13.3 Å². The second-order valence-electron chi connectivity index (χ2n) is 2.63. The largest absolute Gasteiger partial charge is 0.506 e. The highest BCUT2D eigenvalue weighted by atomic mass is 79.9. The topological polar surface area (TPSA) is 37.3 Å². The fourth-order valence-corrected chi connectivity index (χ4v) is 1.38. The highest BCUT2D eigenvalue weighted by Crippen LogP contribution is 2.27. The van der Waals surface area contributed by atoms with Crippen LogP contribution in [0.2, 0.25) is 0 Å². The van der Waals surface area contributed by atoms with Crippen molar-refractivity contribution in [1.82, 2.24) is 0 Å². The van der Waals surface area contributed by atoms with E-state index in [2.05, 4.69) is 15.9 Å². The van der Waals surface area contributed by atoms with Crippen molar-refractivity contribution in [3.8, 4) is 5.75 Å². The van der Waals surface area contributed by atoms with E-state index in [1.807, 2.05) is 0 Å². The average molecular weight is 229 g/mol. The number of aromatic hydroxyl groups is 1. The molecule has 0 unspecified atom stereocenters. The van der Waals surface area contributed by atoms with Crippen molar-refractivity contribution in [3.63, 3.8) is 0 Å². The second-order valence-corrected chi connectivity index (χ2v) is 3.48. The minimum absolute atomic E-state index is 0.0448. The second kappa shape index (κ2) is 3.72. The van der Waals surface area contributed by atoms with E-state index < -0.39 is 0 Å². The lowest BCUT2D eigenvalue weighted by atomic mass is 10.1. The Balaban J connectivity index is 3.00. The quantitative estimate of drug-likeness (QED) is 0.844. The Hall–Kier alpha value is -0.830. The first-order valence-corrected chi connectivity index (χ1v) is 4.36. The molecule has 0 aliphatic carbocycles.